The number of aryl methyl sites for hydroxylation is 2. The van der Waals surface area contributed by atoms with Crippen LogP contribution in [-0.2, 0) is 13.6 Å². The number of hydrogen-bond acceptors (Lipinski definition) is 7. The highest BCUT2D eigenvalue weighted by Gasteiger charge is 2.19. The van der Waals surface area contributed by atoms with Crippen molar-refractivity contribution in [2.24, 2.45) is 7.05 Å². The first-order valence-corrected chi connectivity index (χ1v) is 8.82. The third-order valence-corrected chi connectivity index (χ3v) is 4.26. The van der Waals surface area contributed by atoms with Crippen LogP contribution in [-0.4, -0.2) is 55.2 Å². The van der Waals surface area contributed by atoms with Gasteiger partial charge in [-0.15, -0.1) is 0 Å². The number of benzene rings is 1. The van der Waals surface area contributed by atoms with Crippen LogP contribution in [0, 0.1) is 6.92 Å². The molecule has 1 aromatic carbocycles. The second-order valence-electron chi connectivity index (χ2n) is 6.46. The maximum Gasteiger partial charge on any atom is 0.329 e. The van der Waals surface area contributed by atoms with Gasteiger partial charge in [-0.25, -0.2) is 4.79 Å². The maximum absolute atomic E-state index is 12.3. The molecule has 0 amide bonds. The monoisotopic (exact) mass is 389 g/mol. The number of ether oxygens (including phenoxy) is 1. The Morgan fingerprint density at radius 1 is 1.29 bits per heavy atom. The number of aromatic amines is 1. The molecule has 0 saturated carbocycles. The molecule has 150 valence electrons. The van der Waals surface area contributed by atoms with E-state index in [0.29, 0.717) is 5.75 Å². The molecule has 4 N–H and O–H groups in total. The zero-order chi connectivity index (χ0) is 20.3. The van der Waals surface area contributed by atoms with E-state index in [1.54, 1.807) is 0 Å². The first-order chi connectivity index (χ1) is 13.4. The summed E-state index contributed by atoms with van der Waals surface area (Å²) >= 11 is 0. The summed E-state index contributed by atoms with van der Waals surface area (Å²) in [4.78, 5) is 30.7. The fourth-order valence-electron chi connectivity index (χ4n) is 2.81. The van der Waals surface area contributed by atoms with Gasteiger partial charge in [0, 0.05) is 13.6 Å². The van der Waals surface area contributed by atoms with Gasteiger partial charge < -0.3 is 24.8 Å². The van der Waals surface area contributed by atoms with Gasteiger partial charge in [-0.05, 0) is 19.1 Å². The predicted octanol–water partition coefficient (Wildman–Crippen LogP) is -0.424. The van der Waals surface area contributed by atoms with Crippen LogP contribution in [0.2, 0.25) is 0 Å². The minimum absolute atomic E-state index is 0.00580. The van der Waals surface area contributed by atoms with E-state index in [4.69, 9.17) is 9.84 Å². The molecule has 0 spiro atoms. The number of rotatable bonds is 8. The van der Waals surface area contributed by atoms with Crippen LogP contribution < -0.4 is 21.3 Å². The van der Waals surface area contributed by atoms with Crippen LogP contribution >= 0.6 is 0 Å². The van der Waals surface area contributed by atoms with Crippen LogP contribution in [0.25, 0.3) is 11.2 Å². The van der Waals surface area contributed by atoms with Gasteiger partial charge >= 0.3 is 5.69 Å². The highest BCUT2D eigenvalue weighted by atomic mass is 16.5. The molecule has 1 atom stereocenters. The summed E-state index contributed by atoms with van der Waals surface area (Å²) in [6, 6.07) is 7.43. The van der Waals surface area contributed by atoms with Gasteiger partial charge in [0.25, 0.3) is 5.56 Å². The highest BCUT2D eigenvalue weighted by molar-refractivity contribution is 5.74. The van der Waals surface area contributed by atoms with Crippen LogP contribution in [0.3, 0.4) is 0 Å². The molecule has 2 aromatic heterocycles. The number of anilines is 1. The van der Waals surface area contributed by atoms with Gasteiger partial charge in [-0.3, -0.25) is 14.3 Å². The number of hydrogen-bond donors (Lipinski definition) is 4. The number of H-pyrrole nitrogens is 1. The molecule has 3 rings (SSSR count). The molecule has 10 nitrogen and oxygen atoms in total. The van der Waals surface area contributed by atoms with Crippen molar-refractivity contribution in [1.82, 2.24) is 19.1 Å². The zero-order valence-electron chi connectivity index (χ0n) is 15.7. The topological polar surface area (TPSA) is 134 Å². The minimum Gasteiger partial charge on any atom is -0.491 e. The lowest BCUT2D eigenvalue weighted by molar-refractivity contribution is 0.0938. The Morgan fingerprint density at radius 2 is 2.00 bits per heavy atom. The Morgan fingerprint density at radius 3 is 2.68 bits per heavy atom. The molecule has 28 heavy (non-hydrogen) atoms. The van der Waals surface area contributed by atoms with Crippen molar-refractivity contribution in [2.45, 2.75) is 19.6 Å². The Kier molecular flexibility index (Phi) is 5.81. The number of nitrogens with one attached hydrogen (secondary N) is 2. The summed E-state index contributed by atoms with van der Waals surface area (Å²) in [5.41, 5.74) is 0.244. The molecular formula is C18H23N5O5. The van der Waals surface area contributed by atoms with Crippen LogP contribution in [0.1, 0.15) is 5.56 Å². The summed E-state index contributed by atoms with van der Waals surface area (Å²) in [5.74, 6) is 0.893. The van der Waals surface area contributed by atoms with Gasteiger partial charge in [-0.2, -0.15) is 4.98 Å². The molecule has 0 radical (unpaired) electrons. The standard InChI is InChI=1S/C18H23N5O5/c1-11-3-5-13(6-4-11)28-10-12(25)9-23-14-15(20-17(23)19-7-8-24)22(2)18(27)21-16(14)26/h3-6,12,24-25H,7-10H2,1-2H3,(H,19,20)(H,21,26,27). The van der Waals surface area contributed by atoms with Crippen molar-refractivity contribution in [2.75, 3.05) is 25.1 Å². The summed E-state index contributed by atoms with van der Waals surface area (Å²) in [5, 5.41) is 22.4. The maximum atomic E-state index is 12.3. The van der Waals surface area contributed by atoms with Crippen LogP contribution in [0.4, 0.5) is 5.95 Å². The van der Waals surface area contributed by atoms with E-state index in [2.05, 4.69) is 15.3 Å². The van der Waals surface area contributed by atoms with Gasteiger partial charge in [0.05, 0.1) is 13.2 Å². The second kappa shape index (κ2) is 8.28. The lowest BCUT2D eigenvalue weighted by atomic mass is 10.2. The summed E-state index contributed by atoms with van der Waals surface area (Å²) < 4.78 is 8.29. The van der Waals surface area contributed by atoms with Crippen LogP contribution in [0.5, 0.6) is 5.75 Å². The molecule has 0 aliphatic rings. The number of imidazole rings is 1. The zero-order valence-corrected chi connectivity index (χ0v) is 15.7. The number of aliphatic hydroxyl groups excluding tert-OH is 2. The molecule has 0 saturated heterocycles. The fourth-order valence-corrected chi connectivity index (χ4v) is 2.81. The van der Waals surface area contributed by atoms with Crippen molar-refractivity contribution >= 4 is 17.1 Å². The largest absolute Gasteiger partial charge is 0.491 e. The highest BCUT2D eigenvalue weighted by Crippen LogP contribution is 2.17. The molecule has 0 fully saturated rings. The molecule has 0 bridgehead atoms. The van der Waals surface area contributed by atoms with E-state index < -0.39 is 17.4 Å². The summed E-state index contributed by atoms with van der Waals surface area (Å²) in [6.45, 7) is 2.04. The van der Waals surface area contributed by atoms with Crippen molar-refractivity contribution in [1.29, 1.82) is 0 Å². The Labute approximate surface area is 160 Å². The SMILES string of the molecule is Cc1ccc(OCC(O)Cn2c(NCCO)nc3c2c(=O)[nH]c(=O)n3C)cc1. The Balaban J connectivity index is 1.87. The van der Waals surface area contributed by atoms with Crippen LogP contribution in [0.15, 0.2) is 33.9 Å². The molecule has 2 heterocycles. The van der Waals surface area contributed by atoms with E-state index in [0.717, 1.165) is 5.56 Å². The lowest BCUT2D eigenvalue weighted by Gasteiger charge is -2.15. The summed E-state index contributed by atoms with van der Waals surface area (Å²) in [6.07, 6.45) is -0.940. The molecular weight excluding hydrogens is 366 g/mol. The fraction of sp³-hybridized carbons (Fsp3) is 0.389. The molecule has 0 aliphatic heterocycles. The predicted molar refractivity (Wildman–Crippen MR) is 104 cm³/mol. The van der Waals surface area contributed by atoms with Crippen molar-refractivity contribution in [3.05, 3.63) is 50.7 Å². The van der Waals surface area contributed by atoms with E-state index in [1.165, 1.54) is 16.2 Å². The second-order valence-corrected chi connectivity index (χ2v) is 6.46. The van der Waals surface area contributed by atoms with Gasteiger partial charge in [0.1, 0.15) is 18.5 Å². The normalized spacial score (nSPS) is 12.3. The van der Waals surface area contributed by atoms with Gasteiger partial charge in [0.15, 0.2) is 11.2 Å². The van der Waals surface area contributed by atoms with Crippen molar-refractivity contribution < 1.29 is 14.9 Å². The van der Waals surface area contributed by atoms with Crippen molar-refractivity contribution in [3.63, 3.8) is 0 Å². The van der Waals surface area contributed by atoms with E-state index in [9.17, 15) is 14.7 Å². The van der Waals surface area contributed by atoms with Gasteiger partial charge in [-0.1, -0.05) is 17.7 Å². The van der Waals surface area contributed by atoms with E-state index >= 15 is 0 Å². The first kappa shape index (κ1) is 19.6. The third kappa shape index (κ3) is 4.07. The molecule has 0 aliphatic carbocycles. The smallest absolute Gasteiger partial charge is 0.329 e. The van der Waals surface area contributed by atoms with E-state index in [-0.39, 0.29) is 43.4 Å². The number of fused-ring (bicyclic) bond motifs is 1. The molecule has 3 aromatic rings. The third-order valence-electron chi connectivity index (χ3n) is 4.26. The number of aliphatic hydroxyl groups is 2. The first-order valence-electron chi connectivity index (χ1n) is 8.82. The Hall–Kier alpha value is -3.11. The molecule has 1 unspecified atom stereocenters. The average molecular weight is 389 g/mol. The average Bonchev–Trinajstić information content (AvgIpc) is 3.03. The lowest BCUT2D eigenvalue weighted by Crippen LogP contribution is -2.31. The summed E-state index contributed by atoms with van der Waals surface area (Å²) in [7, 11) is 1.49. The number of nitrogens with zero attached hydrogens (tertiary/aromatic N) is 3. The quantitative estimate of drug-likeness (QED) is 0.411. The van der Waals surface area contributed by atoms with Crippen molar-refractivity contribution in [3.8, 4) is 5.75 Å². The number of aromatic nitrogens is 4. The van der Waals surface area contributed by atoms with Gasteiger partial charge in [0.2, 0.25) is 5.95 Å². The molecule has 10 heteroatoms. The Bertz CT molecular complexity index is 1070. The van der Waals surface area contributed by atoms with E-state index in [1.807, 2.05) is 31.2 Å². The minimum atomic E-state index is -0.940.